The first-order valence-corrected chi connectivity index (χ1v) is 7.43. The van der Waals surface area contributed by atoms with E-state index >= 15 is 0 Å². The van der Waals surface area contributed by atoms with Gasteiger partial charge in [0, 0.05) is 24.0 Å². The average molecular weight is 260 g/mol. The molecule has 19 heavy (non-hydrogen) atoms. The van der Waals surface area contributed by atoms with Crippen molar-refractivity contribution in [2.24, 2.45) is 11.7 Å². The summed E-state index contributed by atoms with van der Waals surface area (Å²) in [6.45, 7) is 4.96. The maximum Gasteiger partial charge on any atom is 0.0686 e. The van der Waals surface area contributed by atoms with Crippen LogP contribution in [0.2, 0.25) is 0 Å². The molecule has 2 heterocycles. The highest BCUT2D eigenvalue weighted by molar-refractivity contribution is 5.24. The van der Waals surface area contributed by atoms with Gasteiger partial charge in [0.2, 0.25) is 0 Å². The molecule has 3 nitrogen and oxygen atoms in total. The number of rotatable bonds is 2. The Morgan fingerprint density at radius 3 is 2.58 bits per heavy atom. The van der Waals surface area contributed by atoms with Gasteiger partial charge in [0.1, 0.15) is 0 Å². The lowest BCUT2D eigenvalue weighted by Gasteiger charge is -2.48. The molecule has 2 atom stereocenters. The van der Waals surface area contributed by atoms with Crippen LogP contribution in [0, 0.1) is 19.8 Å². The molecular weight excluding hydrogens is 236 g/mol. The zero-order valence-corrected chi connectivity index (χ0v) is 12.0. The number of hydrogen-bond donors (Lipinski definition) is 1. The monoisotopic (exact) mass is 260 g/mol. The van der Waals surface area contributed by atoms with E-state index in [2.05, 4.69) is 17.1 Å². The Balaban J connectivity index is 1.77. The first-order chi connectivity index (χ1) is 9.08. The van der Waals surface area contributed by atoms with Crippen molar-refractivity contribution in [3.05, 3.63) is 29.1 Å². The summed E-state index contributed by atoms with van der Waals surface area (Å²) in [7, 11) is 0. The molecule has 2 unspecified atom stereocenters. The first kappa shape index (κ1) is 13.1. The van der Waals surface area contributed by atoms with Gasteiger partial charge >= 0.3 is 0 Å². The molecule has 1 spiro atoms. The highest BCUT2D eigenvalue weighted by Gasteiger charge is 2.43. The number of aryl methyl sites for hydroxylation is 2. The Hall–Kier alpha value is -0.930. The molecule has 0 aromatic carbocycles. The first-order valence-electron chi connectivity index (χ1n) is 7.43. The minimum Gasteiger partial charge on any atom is -0.375 e. The van der Waals surface area contributed by atoms with E-state index in [1.165, 1.54) is 24.8 Å². The molecule has 0 bridgehead atoms. The van der Waals surface area contributed by atoms with Crippen molar-refractivity contribution in [2.45, 2.75) is 57.6 Å². The lowest BCUT2D eigenvalue weighted by atomic mass is 9.70. The minimum atomic E-state index is 0.127. The second-order valence-corrected chi connectivity index (χ2v) is 6.35. The number of aromatic nitrogens is 1. The SMILES string of the molecule is Cc1cc(C(N)C2CCOC3(CCC3)C2)cc(C)n1. The van der Waals surface area contributed by atoms with Crippen molar-refractivity contribution >= 4 is 0 Å². The topological polar surface area (TPSA) is 48.1 Å². The van der Waals surface area contributed by atoms with E-state index in [1.807, 2.05) is 13.8 Å². The summed E-state index contributed by atoms with van der Waals surface area (Å²) in [6.07, 6.45) is 5.99. The van der Waals surface area contributed by atoms with Crippen LogP contribution in [-0.4, -0.2) is 17.2 Å². The van der Waals surface area contributed by atoms with Crippen LogP contribution in [0.15, 0.2) is 12.1 Å². The fourth-order valence-electron chi connectivity index (χ4n) is 3.62. The summed E-state index contributed by atoms with van der Waals surface area (Å²) < 4.78 is 6.00. The van der Waals surface area contributed by atoms with Gasteiger partial charge in [0.05, 0.1) is 5.60 Å². The Bertz CT molecular complexity index is 448. The summed E-state index contributed by atoms with van der Waals surface area (Å²) in [4.78, 5) is 4.44. The molecule has 1 saturated carbocycles. The Morgan fingerprint density at radius 2 is 2.00 bits per heavy atom. The van der Waals surface area contributed by atoms with E-state index in [4.69, 9.17) is 10.5 Å². The molecule has 2 N–H and O–H groups in total. The summed E-state index contributed by atoms with van der Waals surface area (Å²) in [5.41, 5.74) is 10.1. The van der Waals surface area contributed by atoms with Crippen molar-refractivity contribution in [1.82, 2.24) is 4.98 Å². The third-order valence-corrected chi connectivity index (χ3v) is 4.79. The van der Waals surface area contributed by atoms with Crippen LogP contribution < -0.4 is 5.73 Å². The van der Waals surface area contributed by atoms with Gasteiger partial charge in [-0.05, 0) is 69.6 Å². The Morgan fingerprint density at radius 1 is 1.32 bits per heavy atom. The molecule has 3 heteroatoms. The van der Waals surface area contributed by atoms with E-state index in [-0.39, 0.29) is 11.6 Å². The molecule has 2 aliphatic rings. The molecule has 1 aromatic heterocycles. The highest BCUT2D eigenvalue weighted by Crippen LogP contribution is 2.46. The van der Waals surface area contributed by atoms with Crippen LogP contribution >= 0.6 is 0 Å². The van der Waals surface area contributed by atoms with Crippen LogP contribution in [0.25, 0.3) is 0 Å². The van der Waals surface area contributed by atoms with Gasteiger partial charge in [-0.3, -0.25) is 4.98 Å². The minimum absolute atomic E-state index is 0.127. The molecule has 0 amide bonds. The third kappa shape index (κ3) is 2.54. The number of ether oxygens (including phenoxy) is 1. The van der Waals surface area contributed by atoms with Crippen LogP contribution in [0.5, 0.6) is 0 Å². The van der Waals surface area contributed by atoms with Crippen LogP contribution in [0.4, 0.5) is 0 Å². The molecule has 3 rings (SSSR count). The summed E-state index contributed by atoms with van der Waals surface area (Å²) in [5.74, 6) is 0.551. The molecule has 0 radical (unpaired) electrons. The predicted octanol–water partition coefficient (Wildman–Crippen LogP) is 3.05. The third-order valence-electron chi connectivity index (χ3n) is 4.79. The summed E-state index contributed by atoms with van der Waals surface area (Å²) in [5, 5.41) is 0. The van der Waals surface area contributed by atoms with Crippen molar-refractivity contribution in [3.8, 4) is 0 Å². The fourth-order valence-corrected chi connectivity index (χ4v) is 3.62. The second kappa shape index (κ2) is 4.88. The van der Waals surface area contributed by atoms with E-state index in [1.54, 1.807) is 0 Å². The molecule has 1 aliphatic carbocycles. The van der Waals surface area contributed by atoms with E-state index in [9.17, 15) is 0 Å². The highest BCUT2D eigenvalue weighted by atomic mass is 16.5. The number of nitrogens with two attached hydrogens (primary N) is 1. The van der Waals surface area contributed by atoms with Gasteiger partial charge in [0.25, 0.3) is 0 Å². The van der Waals surface area contributed by atoms with Gasteiger partial charge in [-0.2, -0.15) is 0 Å². The van der Waals surface area contributed by atoms with Gasteiger partial charge in [-0.1, -0.05) is 0 Å². The molecule has 1 aliphatic heterocycles. The smallest absolute Gasteiger partial charge is 0.0686 e. The standard InChI is InChI=1S/C16H24N2O/c1-11-8-14(9-12(2)18-11)15(17)13-4-7-19-16(10-13)5-3-6-16/h8-9,13,15H,3-7,10,17H2,1-2H3. The maximum absolute atomic E-state index is 6.52. The van der Waals surface area contributed by atoms with E-state index < -0.39 is 0 Å². The predicted molar refractivity (Wildman–Crippen MR) is 75.9 cm³/mol. The molecular formula is C16H24N2O. The molecule has 1 aromatic rings. The van der Waals surface area contributed by atoms with Crippen LogP contribution in [0.3, 0.4) is 0 Å². The zero-order valence-electron chi connectivity index (χ0n) is 12.0. The van der Waals surface area contributed by atoms with Crippen molar-refractivity contribution in [3.63, 3.8) is 0 Å². The number of nitrogens with zero attached hydrogens (tertiary/aromatic N) is 1. The number of hydrogen-bond acceptors (Lipinski definition) is 3. The average Bonchev–Trinajstić information content (AvgIpc) is 2.35. The molecule has 104 valence electrons. The summed E-state index contributed by atoms with van der Waals surface area (Å²) in [6, 6.07) is 4.41. The van der Waals surface area contributed by atoms with Gasteiger partial charge < -0.3 is 10.5 Å². The quantitative estimate of drug-likeness (QED) is 0.889. The Kier molecular flexibility index (Phi) is 3.35. The normalized spacial score (nSPS) is 27.0. The van der Waals surface area contributed by atoms with Crippen LogP contribution in [0.1, 0.15) is 55.1 Å². The van der Waals surface area contributed by atoms with Crippen molar-refractivity contribution < 1.29 is 4.74 Å². The summed E-state index contributed by atoms with van der Waals surface area (Å²) >= 11 is 0. The fraction of sp³-hybridized carbons (Fsp3) is 0.688. The second-order valence-electron chi connectivity index (χ2n) is 6.35. The lowest BCUT2D eigenvalue weighted by Crippen LogP contribution is -2.47. The maximum atomic E-state index is 6.52. The van der Waals surface area contributed by atoms with Gasteiger partial charge in [-0.15, -0.1) is 0 Å². The zero-order chi connectivity index (χ0) is 13.5. The number of pyridine rings is 1. The van der Waals surface area contributed by atoms with Gasteiger partial charge in [0.15, 0.2) is 0 Å². The van der Waals surface area contributed by atoms with E-state index in [0.29, 0.717) is 5.92 Å². The van der Waals surface area contributed by atoms with Gasteiger partial charge in [-0.25, -0.2) is 0 Å². The van der Waals surface area contributed by atoms with E-state index in [0.717, 1.165) is 30.8 Å². The van der Waals surface area contributed by atoms with Crippen LogP contribution in [-0.2, 0) is 4.74 Å². The largest absolute Gasteiger partial charge is 0.375 e. The Labute approximate surface area is 115 Å². The van der Waals surface area contributed by atoms with Crippen molar-refractivity contribution in [2.75, 3.05) is 6.61 Å². The van der Waals surface area contributed by atoms with Crippen molar-refractivity contribution in [1.29, 1.82) is 0 Å². The molecule has 1 saturated heterocycles. The molecule has 2 fully saturated rings. The lowest BCUT2D eigenvalue weighted by molar-refractivity contribution is -0.146.